The van der Waals surface area contributed by atoms with E-state index in [-0.39, 0.29) is 35.3 Å². The Morgan fingerprint density at radius 1 is 1.14 bits per heavy atom. The van der Waals surface area contributed by atoms with Crippen molar-refractivity contribution in [3.05, 3.63) is 76.5 Å². The van der Waals surface area contributed by atoms with Crippen LogP contribution in [0.3, 0.4) is 0 Å². The Bertz CT molecular complexity index is 1130. The van der Waals surface area contributed by atoms with Crippen molar-refractivity contribution >= 4 is 17.9 Å². The van der Waals surface area contributed by atoms with Gasteiger partial charge in [0.05, 0.1) is 0 Å². The maximum Gasteiger partial charge on any atom is 0.414 e. The summed E-state index contributed by atoms with van der Waals surface area (Å²) in [4.78, 5) is 23.6. The van der Waals surface area contributed by atoms with Crippen LogP contribution in [0.25, 0.3) is 11.1 Å². The zero-order valence-electron chi connectivity index (χ0n) is 15.4. The van der Waals surface area contributed by atoms with E-state index in [9.17, 15) is 20.0 Å². The molecule has 29 heavy (non-hydrogen) atoms. The number of carboxylic acids is 1. The first-order chi connectivity index (χ1) is 14.0. The summed E-state index contributed by atoms with van der Waals surface area (Å²) in [7, 11) is 0. The van der Waals surface area contributed by atoms with Gasteiger partial charge in [0.25, 0.3) is 0 Å². The molecule has 0 spiro atoms. The third kappa shape index (κ3) is 3.11. The molecular formula is C22H16N2O5. The van der Waals surface area contributed by atoms with Crippen LogP contribution in [0, 0.1) is 18.3 Å². The van der Waals surface area contributed by atoms with E-state index in [1.807, 2.05) is 48.5 Å². The van der Waals surface area contributed by atoms with E-state index in [0.717, 1.165) is 22.3 Å². The zero-order chi connectivity index (χ0) is 20.5. The highest BCUT2D eigenvalue weighted by Crippen LogP contribution is 2.44. The van der Waals surface area contributed by atoms with Crippen molar-refractivity contribution in [1.29, 1.82) is 5.26 Å². The topological polar surface area (TPSA) is 113 Å². The first-order valence-electron chi connectivity index (χ1n) is 8.90. The number of fused-ring (bicyclic) bond motifs is 3. The summed E-state index contributed by atoms with van der Waals surface area (Å²) < 4.78 is 10.6. The Labute approximate surface area is 166 Å². The van der Waals surface area contributed by atoms with E-state index in [4.69, 9.17) is 9.15 Å². The van der Waals surface area contributed by atoms with Crippen molar-refractivity contribution in [2.75, 3.05) is 11.9 Å². The molecule has 1 aromatic heterocycles. The molecule has 4 rings (SSSR count). The van der Waals surface area contributed by atoms with Gasteiger partial charge in [-0.1, -0.05) is 48.5 Å². The highest BCUT2D eigenvalue weighted by Gasteiger charge is 2.30. The fourth-order valence-corrected chi connectivity index (χ4v) is 3.72. The third-order valence-corrected chi connectivity index (χ3v) is 4.97. The van der Waals surface area contributed by atoms with Crippen LogP contribution in [0.2, 0.25) is 0 Å². The fraction of sp³-hybridized carbons (Fsp3) is 0.136. The number of carbonyl (C=O) groups is 2. The third-order valence-electron chi connectivity index (χ3n) is 4.97. The van der Waals surface area contributed by atoms with Crippen LogP contribution < -0.4 is 5.32 Å². The van der Waals surface area contributed by atoms with Crippen LogP contribution in [0.1, 0.15) is 38.7 Å². The molecule has 7 heteroatoms. The summed E-state index contributed by atoms with van der Waals surface area (Å²) in [6, 6.07) is 17.6. The summed E-state index contributed by atoms with van der Waals surface area (Å²) in [6.45, 7) is 1.50. The quantitative estimate of drug-likeness (QED) is 0.679. The number of nitrogens with one attached hydrogen (secondary N) is 1. The Hall–Kier alpha value is -4.05. The number of benzene rings is 2. The number of hydrogen-bond acceptors (Lipinski definition) is 5. The van der Waals surface area contributed by atoms with Gasteiger partial charge < -0.3 is 14.3 Å². The maximum absolute atomic E-state index is 12.3. The molecule has 2 N–H and O–H groups in total. The van der Waals surface area contributed by atoms with Gasteiger partial charge in [-0.25, -0.2) is 9.59 Å². The van der Waals surface area contributed by atoms with E-state index < -0.39 is 12.1 Å². The highest BCUT2D eigenvalue weighted by molar-refractivity contribution is 5.96. The number of aromatic carboxylic acids is 1. The van der Waals surface area contributed by atoms with Crippen molar-refractivity contribution < 1.29 is 23.8 Å². The van der Waals surface area contributed by atoms with Crippen LogP contribution in [0.15, 0.2) is 52.9 Å². The molecule has 7 nitrogen and oxygen atoms in total. The molecule has 2 aromatic carbocycles. The van der Waals surface area contributed by atoms with Gasteiger partial charge in [0.1, 0.15) is 29.6 Å². The highest BCUT2D eigenvalue weighted by atomic mass is 16.6. The number of hydrogen-bond donors (Lipinski definition) is 2. The Kier molecular flexibility index (Phi) is 4.53. The summed E-state index contributed by atoms with van der Waals surface area (Å²) >= 11 is 0. The molecule has 1 heterocycles. The van der Waals surface area contributed by atoms with Crippen LogP contribution in [-0.4, -0.2) is 23.8 Å². The number of furan rings is 1. The molecule has 0 bridgehead atoms. The predicted octanol–water partition coefficient (Wildman–Crippen LogP) is 4.52. The first kappa shape index (κ1) is 18.3. The lowest BCUT2D eigenvalue weighted by molar-refractivity contribution is 0.0694. The number of carboxylic acid groups (broad SMARTS) is 1. The van der Waals surface area contributed by atoms with Crippen LogP contribution in [0.5, 0.6) is 0 Å². The molecule has 1 aliphatic carbocycles. The lowest BCUT2D eigenvalue weighted by atomic mass is 9.98. The van der Waals surface area contributed by atoms with E-state index in [1.165, 1.54) is 6.92 Å². The molecule has 0 saturated heterocycles. The Morgan fingerprint density at radius 3 is 2.28 bits per heavy atom. The van der Waals surface area contributed by atoms with Crippen molar-refractivity contribution in [2.45, 2.75) is 12.8 Å². The van der Waals surface area contributed by atoms with E-state index in [1.54, 1.807) is 6.07 Å². The summed E-state index contributed by atoms with van der Waals surface area (Å²) in [6.07, 6.45) is -0.825. The number of nitrogens with zero attached hydrogens (tertiary/aromatic N) is 1. The normalized spacial score (nSPS) is 12.0. The van der Waals surface area contributed by atoms with Crippen molar-refractivity contribution in [3.63, 3.8) is 0 Å². The largest absolute Gasteiger partial charge is 0.478 e. The minimum absolute atomic E-state index is 0.0306. The molecule has 0 aliphatic heterocycles. The van der Waals surface area contributed by atoms with Crippen LogP contribution in [0.4, 0.5) is 10.7 Å². The van der Waals surface area contributed by atoms with Gasteiger partial charge in [-0.2, -0.15) is 5.26 Å². The van der Waals surface area contributed by atoms with Crippen LogP contribution in [-0.2, 0) is 4.74 Å². The summed E-state index contributed by atoms with van der Waals surface area (Å²) in [5, 5.41) is 20.8. The van der Waals surface area contributed by atoms with Crippen molar-refractivity contribution in [3.8, 4) is 17.2 Å². The monoisotopic (exact) mass is 388 g/mol. The Balaban J connectivity index is 1.52. The van der Waals surface area contributed by atoms with Gasteiger partial charge in [0.2, 0.25) is 5.88 Å². The van der Waals surface area contributed by atoms with E-state index in [0.29, 0.717) is 0 Å². The van der Waals surface area contributed by atoms with E-state index in [2.05, 4.69) is 5.32 Å². The SMILES string of the molecule is Cc1oc(NC(=O)OCC2c3ccccc3-c3ccccc32)c(C#N)c1C(=O)O. The molecule has 1 amide bonds. The van der Waals surface area contributed by atoms with Gasteiger partial charge in [0, 0.05) is 5.92 Å². The number of anilines is 1. The molecule has 0 radical (unpaired) electrons. The second-order valence-electron chi connectivity index (χ2n) is 6.60. The lowest BCUT2D eigenvalue weighted by Gasteiger charge is -2.14. The predicted molar refractivity (Wildman–Crippen MR) is 104 cm³/mol. The van der Waals surface area contributed by atoms with Gasteiger partial charge in [-0.05, 0) is 29.2 Å². The maximum atomic E-state index is 12.3. The summed E-state index contributed by atoms with van der Waals surface area (Å²) in [5.41, 5.74) is 3.83. The molecule has 0 unspecified atom stereocenters. The number of aryl methyl sites for hydroxylation is 1. The minimum atomic E-state index is -1.30. The smallest absolute Gasteiger partial charge is 0.414 e. The van der Waals surface area contributed by atoms with Gasteiger partial charge in [-0.15, -0.1) is 0 Å². The van der Waals surface area contributed by atoms with Crippen molar-refractivity contribution in [1.82, 2.24) is 0 Å². The standard InChI is InChI=1S/C22H16N2O5/c1-12-19(21(25)26)17(10-23)20(29-12)24-22(27)28-11-18-15-8-4-2-6-13(15)14-7-3-5-9-16(14)18/h2-9,18H,11H2,1H3,(H,24,27)(H,25,26). The first-order valence-corrected chi connectivity index (χ1v) is 8.90. The van der Waals surface area contributed by atoms with Gasteiger partial charge in [-0.3, -0.25) is 5.32 Å². The van der Waals surface area contributed by atoms with Crippen LogP contribution >= 0.6 is 0 Å². The van der Waals surface area contributed by atoms with Gasteiger partial charge in [0.15, 0.2) is 0 Å². The average molecular weight is 388 g/mol. The average Bonchev–Trinajstić information content (AvgIpc) is 3.20. The Morgan fingerprint density at radius 2 is 1.72 bits per heavy atom. The molecule has 0 fully saturated rings. The molecular weight excluding hydrogens is 372 g/mol. The number of carbonyl (C=O) groups excluding carboxylic acids is 1. The molecule has 0 atom stereocenters. The molecule has 0 saturated carbocycles. The summed E-state index contributed by atoms with van der Waals surface area (Å²) in [5.74, 6) is -1.62. The second-order valence-corrected chi connectivity index (χ2v) is 6.60. The number of ether oxygens (including phenoxy) is 1. The lowest BCUT2D eigenvalue weighted by Crippen LogP contribution is -2.18. The number of nitriles is 1. The molecule has 144 valence electrons. The number of amides is 1. The molecule has 1 aliphatic rings. The van der Waals surface area contributed by atoms with Crippen molar-refractivity contribution in [2.24, 2.45) is 0 Å². The number of rotatable bonds is 4. The zero-order valence-corrected chi connectivity index (χ0v) is 15.4. The van der Waals surface area contributed by atoms with E-state index >= 15 is 0 Å². The fourth-order valence-electron chi connectivity index (χ4n) is 3.72. The second kappa shape index (κ2) is 7.17. The van der Waals surface area contributed by atoms with Gasteiger partial charge >= 0.3 is 12.1 Å². The molecule has 3 aromatic rings. The minimum Gasteiger partial charge on any atom is -0.478 e.